The van der Waals surface area contributed by atoms with Crippen molar-refractivity contribution in [1.82, 2.24) is 4.90 Å². The Bertz CT molecular complexity index is 160. The van der Waals surface area contributed by atoms with E-state index in [2.05, 4.69) is 0 Å². The van der Waals surface area contributed by atoms with Crippen molar-refractivity contribution in [2.24, 2.45) is 5.73 Å². The van der Waals surface area contributed by atoms with Gasteiger partial charge in [-0.25, -0.2) is 8.78 Å². The van der Waals surface area contributed by atoms with Gasteiger partial charge in [0.1, 0.15) is 0 Å². The Hall–Kier alpha value is -0.220. The monoisotopic (exact) mass is 208 g/mol. The molecule has 1 heterocycles. The second-order valence-corrected chi connectivity index (χ2v) is 3.72. The van der Waals surface area contributed by atoms with E-state index in [0.29, 0.717) is 13.0 Å². The molecule has 0 saturated carbocycles. The Balaban J connectivity index is 0.000000791. The summed E-state index contributed by atoms with van der Waals surface area (Å²) in [4.78, 5) is 1.77. The Kier molecular flexibility index (Phi) is 5.52. The lowest BCUT2D eigenvalue weighted by atomic mass is 10.0. The minimum atomic E-state index is -2.71. The van der Waals surface area contributed by atoms with Gasteiger partial charge < -0.3 is 5.73 Å². The number of hydrogen-bond acceptors (Lipinski definition) is 2. The van der Waals surface area contributed by atoms with Crippen molar-refractivity contribution in [2.75, 3.05) is 13.1 Å². The molecule has 0 spiro atoms. The molecule has 1 aliphatic rings. The molecule has 0 aromatic heterocycles. The van der Waals surface area contributed by atoms with Gasteiger partial charge >= 0.3 is 0 Å². The first kappa shape index (κ1) is 13.8. The van der Waals surface area contributed by atoms with Crippen LogP contribution in [0.15, 0.2) is 0 Å². The van der Waals surface area contributed by atoms with Gasteiger partial charge in [0.2, 0.25) is 0 Å². The predicted octanol–water partition coefficient (Wildman–Crippen LogP) is 2.09. The van der Waals surface area contributed by atoms with Gasteiger partial charge in [0.05, 0.1) is 12.6 Å². The number of halogens is 2. The summed E-state index contributed by atoms with van der Waals surface area (Å²) in [6, 6.07) is -0.768. The van der Waals surface area contributed by atoms with Crippen molar-refractivity contribution in [2.45, 2.75) is 52.1 Å². The molecule has 1 unspecified atom stereocenters. The van der Waals surface area contributed by atoms with Crippen LogP contribution < -0.4 is 5.73 Å². The number of alkyl halides is 2. The van der Waals surface area contributed by atoms with Crippen LogP contribution in [0.25, 0.3) is 0 Å². The summed E-state index contributed by atoms with van der Waals surface area (Å²) in [7, 11) is 0. The number of hydrogen-bond donors (Lipinski definition) is 1. The zero-order valence-electron chi connectivity index (χ0n) is 9.56. The lowest BCUT2D eigenvalue weighted by Crippen LogP contribution is -2.56. The Labute approximate surface area is 85.5 Å². The molecular formula is C10H22F2N2. The third-order valence-corrected chi connectivity index (χ3v) is 2.41. The van der Waals surface area contributed by atoms with E-state index in [1.54, 1.807) is 4.90 Å². The standard InChI is InChI=1S/C8H16F2N2.C2H6/c1-6(2)12-4-3-7(11)8(9,10)5-12;1-2/h6-7H,3-5,11H2,1-2H3;1-2H3. The lowest BCUT2D eigenvalue weighted by Gasteiger charge is -2.38. The Morgan fingerprint density at radius 3 is 2.21 bits per heavy atom. The summed E-state index contributed by atoms with van der Waals surface area (Å²) in [5, 5.41) is 0. The van der Waals surface area contributed by atoms with Crippen molar-refractivity contribution in [3.63, 3.8) is 0 Å². The zero-order valence-corrected chi connectivity index (χ0v) is 9.56. The van der Waals surface area contributed by atoms with E-state index < -0.39 is 12.0 Å². The molecule has 1 aliphatic heterocycles. The number of nitrogens with two attached hydrogens (primary N) is 1. The summed E-state index contributed by atoms with van der Waals surface area (Å²) in [5.74, 6) is -2.71. The molecule has 1 atom stereocenters. The van der Waals surface area contributed by atoms with Crippen LogP contribution in [-0.4, -0.2) is 36.0 Å². The van der Waals surface area contributed by atoms with Crippen molar-refractivity contribution in [3.8, 4) is 0 Å². The molecule has 2 N–H and O–H groups in total. The number of rotatable bonds is 1. The molecule has 0 bridgehead atoms. The zero-order chi connectivity index (χ0) is 11.4. The van der Waals surface area contributed by atoms with Crippen molar-refractivity contribution in [1.29, 1.82) is 0 Å². The molecule has 0 aromatic carbocycles. The highest BCUT2D eigenvalue weighted by Crippen LogP contribution is 2.26. The number of piperidine rings is 1. The average molecular weight is 208 g/mol. The highest BCUT2D eigenvalue weighted by molar-refractivity contribution is 4.90. The van der Waals surface area contributed by atoms with Crippen LogP contribution in [-0.2, 0) is 0 Å². The summed E-state index contributed by atoms with van der Waals surface area (Å²) in [6.45, 7) is 8.35. The van der Waals surface area contributed by atoms with Gasteiger partial charge in [-0.3, -0.25) is 4.90 Å². The van der Waals surface area contributed by atoms with E-state index >= 15 is 0 Å². The largest absolute Gasteiger partial charge is 0.323 e. The molecule has 1 rings (SSSR count). The molecule has 2 nitrogen and oxygen atoms in total. The molecule has 14 heavy (non-hydrogen) atoms. The molecule has 1 fully saturated rings. The van der Waals surface area contributed by atoms with Gasteiger partial charge in [-0.2, -0.15) is 0 Å². The van der Waals surface area contributed by atoms with E-state index in [4.69, 9.17) is 5.73 Å². The first-order valence-electron chi connectivity index (χ1n) is 5.31. The van der Waals surface area contributed by atoms with Gasteiger partial charge in [0, 0.05) is 12.6 Å². The van der Waals surface area contributed by atoms with Crippen LogP contribution in [0.2, 0.25) is 0 Å². The van der Waals surface area contributed by atoms with Gasteiger partial charge in [-0.05, 0) is 20.3 Å². The molecule has 0 aromatic rings. The van der Waals surface area contributed by atoms with Gasteiger partial charge in [0.25, 0.3) is 5.92 Å². The molecule has 0 aliphatic carbocycles. The van der Waals surface area contributed by atoms with Gasteiger partial charge in [-0.1, -0.05) is 13.8 Å². The highest BCUT2D eigenvalue weighted by Gasteiger charge is 2.42. The Morgan fingerprint density at radius 2 is 1.86 bits per heavy atom. The molecule has 1 saturated heterocycles. The van der Waals surface area contributed by atoms with E-state index in [1.165, 1.54) is 0 Å². The average Bonchev–Trinajstić information content (AvgIpc) is 2.13. The van der Waals surface area contributed by atoms with Gasteiger partial charge in [-0.15, -0.1) is 0 Å². The van der Waals surface area contributed by atoms with E-state index in [0.717, 1.165) is 0 Å². The normalized spacial score (nSPS) is 27.0. The predicted molar refractivity (Wildman–Crippen MR) is 55.6 cm³/mol. The number of likely N-dealkylation sites (tertiary alicyclic amines) is 1. The number of nitrogens with zero attached hydrogens (tertiary/aromatic N) is 1. The minimum absolute atomic E-state index is 0.184. The van der Waals surface area contributed by atoms with Crippen molar-refractivity contribution < 1.29 is 8.78 Å². The third-order valence-electron chi connectivity index (χ3n) is 2.41. The van der Waals surface area contributed by atoms with Crippen LogP contribution in [0.5, 0.6) is 0 Å². The third kappa shape index (κ3) is 3.50. The fraction of sp³-hybridized carbons (Fsp3) is 1.00. The molecule has 4 heteroatoms. The summed E-state index contributed by atoms with van der Waals surface area (Å²) in [5.41, 5.74) is 5.30. The first-order valence-corrected chi connectivity index (χ1v) is 5.31. The van der Waals surface area contributed by atoms with Crippen LogP contribution in [0.1, 0.15) is 34.1 Å². The Morgan fingerprint density at radius 1 is 1.36 bits per heavy atom. The molecule has 0 amide bonds. The maximum atomic E-state index is 13.0. The van der Waals surface area contributed by atoms with E-state index in [-0.39, 0.29) is 12.6 Å². The van der Waals surface area contributed by atoms with Crippen LogP contribution in [0.3, 0.4) is 0 Å². The van der Waals surface area contributed by atoms with Crippen LogP contribution in [0, 0.1) is 0 Å². The molecular weight excluding hydrogens is 186 g/mol. The molecule has 0 radical (unpaired) electrons. The maximum Gasteiger partial charge on any atom is 0.275 e. The fourth-order valence-corrected chi connectivity index (χ4v) is 1.42. The molecule has 86 valence electrons. The lowest BCUT2D eigenvalue weighted by molar-refractivity contribution is -0.0866. The van der Waals surface area contributed by atoms with E-state index in [9.17, 15) is 8.78 Å². The maximum absolute atomic E-state index is 13.0. The quantitative estimate of drug-likeness (QED) is 0.715. The minimum Gasteiger partial charge on any atom is -0.323 e. The summed E-state index contributed by atoms with van der Waals surface area (Å²) in [6.07, 6.45) is 0.394. The second kappa shape index (κ2) is 5.61. The topological polar surface area (TPSA) is 29.3 Å². The first-order chi connectivity index (χ1) is 6.43. The highest BCUT2D eigenvalue weighted by atomic mass is 19.3. The van der Waals surface area contributed by atoms with Crippen molar-refractivity contribution in [3.05, 3.63) is 0 Å². The van der Waals surface area contributed by atoms with Crippen LogP contribution >= 0.6 is 0 Å². The SMILES string of the molecule is CC.CC(C)N1CCC(N)C(F)(F)C1. The smallest absolute Gasteiger partial charge is 0.275 e. The summed E-state index contributed by atoms with van der Waals surface area (Å²) >= 11 is 0. The summed E-state index contributed by atoms with van der Waals surface area (Å²) < 4.78 is 26.1. The van der Waals surface area contributed by atoms with Crippen LogP contribution in [0.4, 0.5) is 8.78 Å². The fourth-order valence-electron chi connectivity index (χ4n) is 1.42. The van der Waals surface area contributed by atoms with Crippen molar-refractivity contribution >= 4 is 0 Å². The van der Waals surface area contributed by atoms with E-state index in [1.807, 2.05) is 27.7 Å². The van der Waals surface area contributed by atoms with Gasteiger partial charge in [0.15, 0.2) is 0 Å². The second-order valence-electron chi connectivity index (χ2n) is 3.72.